The zero-order valence-corrected chi connectivity index (χ0v) is 17.6. The third-order valence-corrected chi connectivity index (χ3v) is 5.76. The topological polar surface area (TPSA) is 95.0 Å². The van der Waals surface area contributed by atoms with Crippen LogP contribution in [0.3, 0.4) is 0 Å². The molecule has 0 radical (unpaired) electrons. The van der Waals surface area contributed by atoms with Crippen LogP contribution in [0.1, 0.15) is 27.5 Å². The molecule has 33 heavy (non-hydrogen) atoms. The maximum atomic E-state index is 13.3. The zero-order chi connectivity index (χ0) is 23.5. The first-order valence-corrected chi connectivity index (χ1v) is 9.91. The molecule has 1 amide bonds. The predicted octanol–water partition coefficient (Wildman–Crippen LogP) is 3.70. The lowest BCUT2D eigenvalue weighted by Gasteiger charge is -2.24. The quantitative estimate of drug-likeness (QED) is 0.504. The van der Waals surface area contributed by atoms with E-state index in [-0.39, 0.29) is 24.1 Å². The van der Waals surface area contributed by atoms with Gasteiger partial charge in [-0.2, -0.15) is 13.2 Å². The summed E-state index contributed by atoms with van der Waals surface area (Å²) in [5.41, 5.74) is 7.75. The molecule has 8 nitrogen and oxygen atoms in total. The Kier molecular flexibility index (Phi) is 4.59. The first-order chi connectivity index (χ1) is 15.7. The van der Waals surface area contributed by atoms with E-state index < -0.39 is 17.8 Å². The number of carbonyl (C=O) groups is 1. The van der Waals surface area contributed by atoms with E-state index in [0.29, 0.717) is 33.7 Å². The summed E-state index contributed by atoms with van der Waals surface area (Å²) in [4.78, 5) is 23.3. The van der Waals surface area contributed by atoms with Crippen molar-refractivity contribution in [2.45, 2.75) is 12.2 Å². The number of amides is 1. The standard InChI is InChI=1S/C22H18F3N5O3/c1-29(17-10-33-18-8-12(22(23,24)25)4-5-13(17)18)20(31)11-3-6-14-15(7-11)30-16(19(26)28-14)9-27-21(30)32-2/h3-9,17H,10H2,1-2H3,(H2,26,28)/t17-/m1/s1. The molecular formula is C22H18F3N5O3. The molecule has 0 spiro atoms. The number of fused-ring (bicyclic) bond motifs is 4. The van der Waals surface area contributed by atoms with Crippen LogP contribution in [0.25, 0.3) is 16.6 Å². The Labute approximate surface area is 185 Å². The number of likely N-dealkylation sites (N-methyl/N-ethyl adjacent to an activating group) is 1. The second-order valence-electron chi connectivity index (χ2n) is 7.66. The number of ether oxygens (including phenoxy) is 2. The van der Waals surface area contributed by atoms with Gasteiger partial charge in [0.25, 0.3) is 5.91 Å². The van der Waals surface area contributed by atoms with Gasteiger partial charge in [-0.05, 0) is 30.3 Å². The largest absolute Gasteiger partial charge is 0.491 e. The highest BCUT2D eigenvalue weighted by atomic mass is 19.4. The summed E-state index contributed by atoms with van der Waals surface area (Å²) in [5, 5.41) is 0. The van der Waals surface area contributed by atoms with Crippen molar-refractivity contribution in [3.05, 3.63) is 59.3 Å². The molecule has 2 aromatic heterocycles. The molecule has 0 saturated carbocycles. The van der Waals surface area contributed by atoms with Gasteiger partial charge < -0.3 is 20.1 Å². The smallest absolute Gasteiger partial charge is 0.416 e. The van der Waals surface area contributed by atoms with E-state index in [9.17, 15) is 18.0 Å². The lowest BCUT2D eigenvalue weighted by atomic mass is 10.0. The van der Waals surface area contributed by atoms with Crippen LogP contribution in [0, 0.1) is 0 Å². The van der Waals surface area contributed by atoms with Crippen LogP contribution in [-0.4, -0.2) is 45.9 Å². The van der Waals surface area contributed by atoms with Crippen molar-refractivity contribution in [3.63, 3.8) is 0 Å². The summed E-state index contributed by atoms with van der Waals surface area (Å²) in [6, 6.07) is 8.01. The number of halogens is 3. The SMILES string of the molecule is COc1ncc2c(N)nc3ccc(C(=O)N(C)[C@@H]4COc5cc(C(F)(F)F)ccc54)cc3n12. The van der Waals surface area contributed by atoms with E-state index >= 15 is 0 Å². The Bertz CT molecular complexity index is 1420. The average Bonchev–Trinajstić information content (AvgIpc) is 3.42. The Morgan fingerprint density at radius 3 is 2.76 bits per heavy atom. The van der Waals surface area contributed by atoms with Gasteiger partial charge in [-0.15, -0.1) is 0 Å². The highest BCUT2D eigenvalue weighted by Gasteiger charge is 2.36. The molecule has 4 aromatic rings. The zero-order valence-electron chi connectivity index (χ0n) is 17.6. The fraction of sp³-hybridized carbons (Fsp3) is 0.227. The van der Waals surface area contributed by atoms with Gasteiger partial charge in [-0.1, -0.05) is 6.07 Å². The molecule has 0 aliphatic carbocycles. The van der Waals surface area contributed by atoms with Crippen molar-refractivity contribution in [3.8, 4) is 11.8 Å². The van der Waals surface area contributed by atoms with E-state index in [1.165, 1.54) is 24.3 Å². The molecule has 0 saturated heterocycles. The van der Waals surface area contributed by atoms with Crippen LogP contribution in [0.5, 0.6) is 11.8 Å². The Balaban J connectivity index is 1.52. The number of methoxy groups -OCH3 is 1. The number of rotatable bonds is 3. The number of hydrogen-bond acceptors (Lipinski definition) is 6. The summed E-state index contributed by atoms with van der Waals surface area (Å²) >= 11 is 0. The first-order valence-electron chi connectivity index (χ1n) is 9.91. The molecule has 3 heterocycles. The highest BCUT2D eigenvalue weighted by Crippen LogP contribution is 2.40. The van der Waals surface area contributed by atoms with Crippen LogP contribution in [0.2, 0.25) is 0 Å². The summed E-state index contributed by atoms with van der Waals surface area (Å²) in [5.74, 6) is 0.0623. The minimum absolute atomic E-state index is 0.0597. The Morgan fingerprint density at radius 2 is 2.03 bits per heavy atom. The summed E-state index contributed by atoms with van der Waals surface area (Å²) in [6.07, 6.45) is -2.94. The average molecular weight is 457 g/mol. The number of benzene rings is 2. The second-order valence-corrected chi connectivity index (χ2v) is 7.66. The van der Waals surface area contributed by atoms with Crippen molar-refractivity contribution in [1.82, 2.24) is 19.3 Å². The molecule has 0 fully saturated rings. The van der Waals surface area contributed by atoms with Gasteiger partial charge >= 0.3 is 12.2 Å². The molecule has 0 unspecified atom stereocenters. The number of imidazole rings is 1. The molecule has 0 bridgehead atoms. The normalized spacial score (nSPS) is 15.5. The Morgan fingerprint density at radius 1 is 1.24 bits per heavy atom. The second kappa shape index (κ2) is 7.26. The summed E-state index contributed by atoms with van der Waals surface area (Å²) < 4.78 is 51.5. The summed E-state index contributed by atoms with van der Waals surface area (Å²) in [7, 11) is 3.06. The molecule has 2 aromatic carbocycles. The van der Waals surface area contributed by atoms with E-state index in [1.807, 2.05) is 0 Å². The third kappa shape index (κ3) is 3.27. The van der Waals surface area contributed by atoms with Crippen LogP contribution >= 0.6 is 0 Å². The van der Waals surface area contributed by atoms with Crippen LogP contribution in [0.15, 0.2) is 42.6 Å². The van der Waals surface area contributed by atoms with Gasteiger partial charge in [0.2, 0.25) is 0 Å². The third-order valence-electron chi connectivity index (χ3n) is 5.76. The lowest BCUT2D eigenvalue weighted by Crippen LogP contribution is -2.32. The van der Waals surface area contributed by atoms with Crippen molar-refractivity contribution >= 4 is 28.3 Å². The number of aromatic nitrogens is 3. The number of hydrogen-bond donors (Lipinski definition) is 1. The van der Waals surface area contributed by atoms with E-state index in [0.717, 1.165) is 12.1 Å². The van der Waals surface area contributed by atoms with Gasteiger partial charge in [0.15, 0.2) is 0 Å². The fourth-order valence-electron chi connectivity index (χ4n) is 4.04. The van der Waals surface area contributed by atoms with Crippen molar-refractivity contribution < 1.29 is 27.4 Å². The van der Waals surface area contributed by atoms with Crippen molar-refractivity contribution in [2.75, 3.05) is 26.5 Å². The maximum Gasteiger partial charge on any atom is 0.416 e. The van der Waals surface area contributed by atoms with Gasteiger partial charge in [0.05, 0.1) is 35.9 Å². The van der Waals surface area contributed by atoms with Crippen molar-refractivity contribution in [1.29, 1.82) is 0 Å². The minimum Gasteiger partial charge on any atom is -0.491 e. The van der Waals surface area contributed by atoms with E-state index in [4.69, 9.17) is 15.2 Å². The first kappa shape index (κ1) is 20.9. The predicted molar refractivity (Wildman–Crippen MR) is 113 cm³/mol. The van der Waals surface area contributed by atoms with E-state index in [1.54, 1.807) is 29.6 Å². The highest BCUT2D eigenvalue weighted by molar-refractivity contribution is 5.98. The number of nitrogens with zero attached hydrogens (tertiary/aromatic N) is 4. The van der Waals surface area contributed by atoms with Crippen LogP contribution in [-0.2, 0) is 6.18 Å². The summed E-state index contributed by atoms with van der Waals surface area (Å²) in [6.45, 7) is 0.0597. The van der Waals surface area contributed by atoms with E-state index in [2.05, 4.69) is 9.97 Å². The monoisotopic (exact) mass is 457 g/mol. The molecular weight excluding hydrogens is 439 g/mol. The molecule has 1 aliphatic rings. The van der Waals surface area contributed by atoms with Gasteiger partial charge in [-0.25, -0.2) is 9.97 Å². The number of alkyl halides is 3. The van der Waals surface area contributed by atoms with Gasteiger partial charge in [0.1, 0.15) is 23.7 Å². The number of anilines is 1. The van der Waals surface area contributed by atoms with Gasteiger partial charge in [0, 0.05) is 18.2 Å². The molecule has 2 N–H and O–H groups in total. The molecule has 170 valence electrons. The lowest BCUT2D eigenvalue weighted by molar-refractivity contribution is -0.137. The molecule has 1 aliphatic heterocycles. The van der Waals surface area contributed by atoms with Gasteiger partial charge in [-0.3, -0.25) is 9.20 Å². The number of carbonyl (C=O) groups excluding carboxylic acids is 1. The minimum atomic E-state index is -4.47. The van der Waals surface area contributed by atoms with Crippen LogP contribution < -0.4 is 15.2 Å². The number of nitrogen functional groups attached to an aromatic ring is 1. The number of nitrogens with two attached hydrogens (primary N) is 1. The fourth-order valence-corrected chi connectivity index (χ4v) is 4.04. The van der Waals surface area contributed by atoms with Crippen LogP contribution in [0.4, 0.5) is 19.0 Å². The molecule has 11 heteroatoms. The Hall–Kier alpha value is -4.02. The maximum absolute atomic E-state index is 13.3. The van der Waals surface area contributed by atoms with Crippen molar-refractivity contribution in [2.24, 2.45) is 0 Å². The molecule has 1 atom stereocenters. The molecule has 5 rings (SSSR count).